The number of nitrogens with zero attached hydrogens (tertiary/aromatic N) is 1. The summed E-state index contributed by atoms with van der Waals surface area (Å²) in [6, 6.07) is 11.0. The molecule has 7 heteroatoms. The monoisotopic (exact) mass is 391 g/mol. The number of rotatable bonds is 6. The Morgan fingerprint density at radius 3 is 2.71 bits per heavy atom. The van der Waals surface area contributed by atoms with E-state index in [2.05, 4.69) is 31.8 Å². The topological polar surface area (TPSA) is 83.0 Å². The van der Waals surface area contributed by atoms with Crippen molar-refractivity contribution >= 4 is 33.7 Å². The van der Waals surface area contributed by atoms with E-state index in [1.807, 2.05) is 31.2 Å². The molecular formula is C17H18BrN3O3. The van der Waals surface area contributed by atoms with Crippen LogP contribution in [0, 0.1) is 6.92 Å². The number of benzene rings is 2. The molecule has 0 aliphatic carbocycles. The minimum Gasteiger partial charge on any atom is -0.504 e. The molecule has 0 aliphatic rings. The van der Waals surface area contributed by atoms with Crippen molar-refractivity contribution in [1.29, 1.82) is 0 Å². The van der Waals surface area contributed by atoms with Gasteiger partial charge in [0.2, 0.25) is 0 Å². The lowest BCUT2D eigenvalue weighted by Gasteiger charge is -2.07. The van der Waals surface area contributed by atoms with Crippen LogP contribution in [0.3, 0.4) is 0 Å². The first-order chi connectivity index (χ1) is 11.5. The Balaban J connectivity index is 1.90. The molecule has 6 nitrogen and oxygen atoms in total. The Kier molecular flexibility index (Phi) is 6.20. The lowest BCUT2D eigenvalue weighted by atomic mass is 10.2. The van der Waals surface area contributed by atoms with E-state index < -0.39 is 0 Å². The fourth-order valence-corrected chi connectivity index (χ4v) is 2.37. The summed E-state index contributed by atoms with van der Waals surface area (Å²) in [6.07, 6.45) is 1.35. The quantitative estimate of drug-likeness (QED) is 0.521. The molecule has 0 fully saturated rings. The molecule has 0 aromatic heterocycles. The summed E-state index contributed by atoms with van der Waals surface area (Å²) in [4.78, 5) is 11.8. The molecule has 0 saturated heterocycles. The summed E-state index contributed by atoms with van der Waals surface area (Å²) < 4.78 is 5.78. The number of methoxy groups -OCH3 is 1. The minimum absolute atomic E-state index is 0.0449. The highest BCUT2D eigenvalue weighted by atomic mass is 79.9. The van der Waals surface area contributed by atoms with Crippen molar-refractivity contribution in [3.05, 3.63) is 52.0 Å². The first-order valence-corrected chi connectivity index (χ1v) is 7.98. The van der Waals surface area contributed by atoms with Crippen molar-refractivity contribution in [1.82, 2.24) is 5.43 Å². The van der Waals surface area contributed by atoms with E-state index in [0.29, 0.717) is 11.3 Å². The minimum atomic E-state index is -0.298. The molecule has 2 rings (SSSR count). The third-order valence-electron chi connectivity index (χ3n) is 3.19. The third-order valence-corrected chi connectivity index (χ3v) is 3.64. The van der Waals surface area contributed by atoms with Crippen molar-refractivity contribution in [3.8, 4) is 11.5 Å². The standard InChI is InChI=1S/C17H18BrN3O3/c1-11-3-5-14(6-4-11)19-10-16(22)21-20-9-12-7-13(18)8-15(24-2)17(12)23/h3-9,19,23H,10H2,1-2H3,(H,21,22)/b20-9-. The van der Waals surface area contributed by atoms with Gasteiger partial charge in [0, 0.05) is 15.7 Å². The second-order valence-corrected chi connectivity index (χ2v) is 5.97. The van der Waals surface area contributed by atoms with Gasteiger partial charge in [0.25, 0.3) is 5.91 Å². The molecular weight excluding hydrogens is 374 g/mol. The highest BCUT2D eigenvalue weighted by Crippen LogP contribution is 2.32. The maximum absolute atomic E-state index is 11.8. The Morgan fingerprint density at radius 2 is 2.04 bits per heavy atom. The number of hydrazone groups is 1. The first-order valence-electron chi connectivity index (χ1n) is 7.18. The van der Waals surface area contributed by atoms with Crippen LogP contribution in [0.25, 0.3) is 0 Å². The van der Waals surface area contributed by atoms with Gasteiger partial charge in [-0.05, 0) is 31.2 Å². The Hall–Kier alpha value is -2.54. The molecule has 2 aromatic rings. The lowest BCUT2D eigenvalue weighted by molar-refractivity contribution is -0.119. The summed E-state index contributed by atoms with van der Waals surface area (Å²) in [5.74, 6) is -0.0251. The van der Waals surface area contributed by atoms with Crippen molar-refractivity contribution < 1.29 is 14.6 Å². The second-order valence-electron chi connectivity index (χ2n) is 5.06. The molecule has 126 valence electrons. The van der Waals surface area contributed by atoms with Gasteiger partial charge >= 0.3 is 0 Å². The second kappa shape index (κ2) is 8.35. The summed E-state index contributed by atoms with van der Waals surface area (Å²) >= 11 is 3.31. The molecule has 0 heterocycles. The van der Waals surface area contributed by atoms with Gasteiger partial charge in [-0.2, -0.15) is 5.10 Å². The van der Waals surface area contributed by atoms with Crippen LogP contribution in [0.4, 0.5) is 5.69 Å². The van der Waals surface area contributed by atoms with Crippen molar-refractivity contribution in [2.24, 2.45) is 5.10 Å². The van der Waals surface area contributed by atoms with Gasteiger partial charge in [0.05, 0.1) is 19.9 Å². The highest BCUT2D eigenvalue weighted by molar-refractivity contribution is 9.10. The number of phenolic OH excluding ortho intramolecular Hbond substituents is 1. The van der Waals surface area contributed by atoms with Crippen molar-refractivity contribution in [3.63, 3.8) is 0 Å². The normalized spacial score (nSPS) is 10.6. The van der Waals surface area contributed by atoms with Gasteiger partial charge in [0.15, 0.2) is 11.5 Å². The zero-order valence-corrected chi connectivity index (χ0v) is 14.9. The number of ether oxygens (including phenoxy) is 1. The largest absolute Gasteiger partial charge is 0.504 e. The summed E-state index contributed by atoms with van der Waals surface area (Å²) in [5, 5.41) is 16.8. The molecule has 0 radical (unpaired) electrons. The molecule has 0 saturated carbocycles. The van der Waals surface area contributed by atoms with E-state index in [1.165, 1.54) is 13.3 Å². The van der Waals surface area contributed by atoms with Gasteiger partial charge in [-0.25, -0.2) is 5.43 Å². The molecule has 1 amide bonds. The van der Waals surface area contributed by atoms with E-state index in [4.69, 9.17) is 4.74 Å². The van der Waals surface area contributed by atoms with Crippen LogP contribution in [-0.4, -0.2) is 30.9 Å². The number of nitrogens with one attached hydrogen (secondary N) is 2. The van der Waals surface area contributed by atoms with Gasteiger partial charge in [0.1, 0.15) is 0 Å². The number of amides is 1. The van der Waals surface area contributed by atoms with Crippen LogP contribution in [-0.2, 0) is 4.79 Å². The molecule has 0 unspecified atom stereocenters. The Bertz CT molecular complexity index is 745. The van der Waals surface area contributed by atoms with E-state index in [-0.39, 0.29) is 18.2 Å². The van der Waals surface area contributed by atoms with Crippen LogP contribution in [0.2, 0.25) is 0 Å². The molecule has 0 spiro atoms. The number of carbonyl (C=O) groups excluding carboxylic acids is 1. The van der Waals surface area contributed by atoms with Crippen LogP contribution in [0.1, 0.15) is 11.1 Å². The van der Waals surface area contributed by atoms with Gasteiger partial charge < -0.3 is 15.2 Å². The fourth-order valence-electron chi connectivity index (χ4n) is 1.92. The van der Waals surface area contributed by atoms with Crippen molar-refractivity contribution in [2.75, 3.05) is 19.0 Å². The maximum atomic E-state index is 11.8. The zero-order valence-electron chi connectivity index (χ0n) is 13.3. The number of aromatic hydroxyl groups is 1. The number of phenols is 1. The number of carbonyl (C=O) groups is 1. The fraction of sp³-hybridized carbons (Fsp3) is 0.176. The SMILES string of the molecule is COc1cc(Br)cc(/C=N\NC(=O)CNc2ccc(C)cc2)c1O. The summed E-state index contributed by atoms with van der Waals surface area (Å²) in [5.41, 5.74) is 4.83. The Labute approximate surface area is 148 Å². The van der Waals surface area contributed by atoms with E-state index >= 15 is 0 Å². The summed E-state index contributed by atoms with van der Waals surface area (Å²) in [7, 11) is 1.46. The molecule has 0 atom stereocenters. The van der Waals surface area contributed by atoms with Crippen LogP contribution in [0.15, 0.2) is 46.0 Å². The summed E-state index contributed by atoms with van der Waals surface area (Å²) in [6.45, 7) is 2.09. The number of halogens is 1. The predicted octanol–water partition coefficient (Wildman–Crippen LogP) is 3.03. The van der Waals surface area contributed by atoms with Crippen LogP contribution < -0.4 is 15.5 Å². The zero-order chi connectivity index (χ0) is 17.5. The van der Waals surface area contributed by atoms with Gasteiger partial charge in [-0.1, -0.05) is 33.6 Å². The first kappa shape index (κ1) is 17.8. The van der Waals surface area contributed by atoms with E-state index in [1.54, 1.807) is 12.1 Å². The van der Waals surface area contributed by atoms with Gasteiger partial charge in [-0.15, -0.1) is 0 Å². The van der Waals surface area contributed by atoms with Crippen molar-refractivity contribution in [2.45, 2.75) is 6.92 Å². The number of aryl methyl sites for hydroxylation is 1. The Morgan fingerprint density at radius 1 is 1.33 bits per heavy atom. The molecule has 0 bridgehead atoms. The van der Waals surface area contributed by atoms with E-state index in [9.17, 15) is 9.90 Å². The van der Waals surface area contributed by atoms with Crippen LogP contribution >= 0.6 is 15.9 Å². The third kappa shape index (κ3) is 4.99. The average molecular weight is 392 g/mol. The molecule has 24 heavy (non-hydrogen) atoms. The number of hydrogen-bond acceptors (Lipinski definition) is 5. The number of anilines is 1. The smallest absolute Gasteiger partial charge is 0.259 e. The molecule has 3 N–H and O–H groups in total. The van der Waals surface area contributed by atoms with E-state index in [0.717, 1.165) is 15.7 Å². The molecule has 2 aromatic carbocycles. The average Bonchev–Trinajstić information content (AvgIpc) is 2.57. The lowest BCUT2D eigenvalue weighted by Crippen LogP contribution is -2.25. The molecule has 0 aliphatic heterocycles. The van der Waals surface area contributed by atoms with Crippen LogP contribution in [0.5, 0.6) is 11.5 Å². The van der Waals surface area contributed by atoms with Gasteiger partial charge in [-0.3, -0.25) is 4.79 Å². The maximum Gasteiger partial charge on any atom is 0.259 e. The predicted molar refractivity (Wildman–Crippen MR) is 97.8 cm³/mol. The number of hydrogen-bond donors (Lipinski definition) is 3. The highest BCUT2D eigenvalue weighted by Gasteiger charge is 2.08.